The summed E-state index contributed by atoms with van der Waals surface area (Å²) in [7, 11) is 3.18. The van der Waals surface area contributed by atoms with Crippen LogP contribution in [0.25, 0.3) is 0 Å². The molecule has 1 saturated carbocycles. The molecule has 0 saturated heterocycles. The maximum absolute atomic E-state index is 13.2. The molecule has 0 spiro atoms. The quantitative estimate of drug-likeness (QED) is 0.878. The van der Waals surface area contributed by atoms with E-state index < -0.39 is 5.54 Å². The molecular weight excluding hydrogens is 235 g/mol. The number of hydrogen-bond donors (Lipinski definition) is 1. The fourth-order valence-corrected chi connectivity index (χ4v) is 1.93. The van der Waals surface area contributed by atoms with Gasteiger partial charge in [-0.15, -0.1) is 0 Å². The molecule has 1 amide bonds. The van der Waals surface area contributed by atoms with Crippen molar-refractivity contribution in [1.29, 1.82) is 0 Å². The Bertz CT molecular complexity index is 472. The smallest absolute Gasteiger partial charge is 0.242 e. The summed E-state index contributed by atoms with van der Waals surface area (Å²) in [5, 5.41) is 0. The summed E-state index contributed by atoms with van der Waals surface area (Å²) in [6.45, 7) is 0.290. The van der Waals surface area contributed by atoms with Crippen molar-refractivity contribution in [1.82, 2.24) is 4.90 Å². The largest absolute Gasteiger partial charge is 0.496 e. The number of amides is 1. The number of nitrogens with zero attached hydrogens (tertiary/aromatic N) is 1. The predicted molar refractivity (Wildman–Crippen MR) is 65.6 cm³/mol. The van der Waals surface area contributed by atoms with Gasteiger partial charge in [0.25, 0.3) is 0 Å². The Hall–Kier alpha value is -1.62. The van der Waals surface area contributed by atoms with Gasteiger partial charge in [-0.1, -0.05) is 0 Å². The molecule has 0 atom stereocenters. The number of halogens is 1. The number of likely N-dealkylation sites (N-methyl/N-ethyl adjacent to an activating group) is 1. The highest BCUT2D eigenvalue weighted by Crippen LogP contribution is 2.34. The third kappa shape index (κ3) is 2.46. The molecule has 0 radical (unpaired) electrons. The second-order valence-corrected chi connectivity index (χ2v) is 4.77. The lowest BCUT2D eigenvalue weighted by molar-refractivity contribution is -0.132. The van der Waals surface area contributed by atoms with Crippen molar-refractivity contribution in [3.63, 3.8) is 0 Å². The van der Waals surface area contributed by atoms with Gasteiger partial charge in [0.2, 0.25) is 5.91 Å². The van der Waals surface area contributed by atoms with Crippen LogP contribution in [0, 0.1) is 5.82 Å². The van der Waals surface area contributed by atoms with Crippen molar-refractivity contribution in [2.75, 3.05) is 14.2 Å². The molecule has 0 heterocycles. The first-order valence-electron chi connectivity index (χ1n) is 5.83. The minimum absolute atomic E-state index is 0.103. The number of benzene rings is 1. The lowest BCUT2D eigenvalue weighted by Gasteiger charge is -2.22. The van der Waals surface area contributed by atoms with E-state index in [1.54, 1.807) is 13.1 Å². The summed E-state index contributed by atoms with van der Waals surface area (Å²) in [6.07, 6.45) is 1.44. The molecule has 98 valence electrons. The third-order valence-electron chi connectivity index (χ3n) is 3.21. The summed E-state index contributed by atoms with van der Waals surface area (Å²) in [5.74, 6) is 0.118. The van der Waals surface area contributed by atoms with E-state index in [0.717, 1.165) is 12.8 Å². The van der Waals surface area contributed by atoms with Gasteiger partial charge in [0, 0.05) is 19.2 Å². The van der Waals surface area contributed by atoms with Crippen LogP contribution >= 0.6 is 0 Å². The number of methoxy groups -OCH3 is 1. The molecule has 0 unspecified atom stereocenters. The van der Waals surface area contributed by atoms with Gasteiger partial charge in [-0.3, -0.25) is 4.79 Å². The van der Waals surface area contributed by atoms with Gasteiger partial charge < -0.3 is 15.4 Å². The Morgan fingerprint density at radius 1 is 1.56 bits per heavy atom. The molecule has 0 bridgehead atoms. The molecule has 2 N–H and O–H groups in total. The second kappa shape index (κ2) is 4.57. The van der Waals surface area contributed by atoms with Crippen molar-refractivity contribution in [3.8, 4) is 5.75 Å². The topological polar surface area (TPSA) is 55.6 Å². The zero-order chi connectivity index (χ0) is 13.3. The van der Waals surface area contributed by atoms with Gasteiger partial charge in [0.05, 0.1) is 12.6 Å². The molecule has 1 aliphatic carbocycles. The highest BCUT2D eigenvalue weighted by Gasteiger charge is 2.47. The molecule has 4 nitrogen and oxygen atoms in total. The van der Waals surface area contributed by atoms with Crippen LogP contribution in [0.2, 0.25) is 0 Å². The van der Waals surface area contributed by atoms with Crippen LogP contribution in [0.1, 0.15) is 18.4 Å². The number of carbonyl (C=O) groups is 1. The zero-order valence-corrected chi connectivity index (χ0v) is 10.6. The van der Waals surface area contributed by atoms with E-state index in [2.05, 4.69) is 0 Å². The maximum Gasteiger partial charge on any atom is 0.242 e. The Morgan fingerprint density at radius 3 is 2.78 bits per heavy atom. The number of nitrogens with two attached hydrogens (primary N) is 1. The fraction of sp³-hybridized carbons (Fsp3) is 0.462. The zero-order valence-electron chi connectivity index (χ0n) is 10.6. The average Bonchev–Trinajstić information content (AvgIpc) is 3.08. The minimum atomic E-state index is -0.699. The van der Waals surface area contributed by atoms with Crippen molar-refractivity contribution in [2.24, 2.45) is 5.73 Å². The highest BCUT2D eigenvalue weighted by molar-refractivity contribution is 5.88. The molecule has 0 aliphatic heterocycles. The number of hydrogen-bond acceptors (Lipinski definition) is 3. The molecule has 18 heavy (non-hydrogen) atoms. The summed E-state index contributed by atoms with van der Waals surface area (Å²) in [4.78, 5) is 13.5. The van der Waals surface area contributed by atoms with Gasteiger partial charge in [-0.25, -0.2) is 4.39 Å². The van der Waals surface area contributed by atoms with Crippen LogP contribution in [-0.4, -0.2) is 30.5 Å². The van der Waals surface area contributed by atoms with Crippen LogP contribution in [-0.2, 0) is 11.3 Å². The van der Waals surface area contributed by atoms with Crippen LogP contribution < -0.4 is 10.5 Å². The van der Waals surface area contributed by atoms with Crippen molar-refractivity contribution < 1.29 is 13.9 Å². The number of carbonyl (C=O) groups excluding carboxylic acids is 1. The predicted octanol–water partition coefficient (Wildman–Crippen LogP) is 1.28. The SMILES string of the molecule is COc1ccc(F)cc1CN(C)C(=O)C1(N)CC1. The van der Waals surface area contributed by atoms with Gasteiger partial charge in [0.15, 0.2) is 0 Å². The first kappa shape index (κ1) is 12.8. The number of rotatable bonds is 4. The summed E-state index contributed by atoms with van der Waals surface area (Å²) < 4.78 is 18.3. The lowest BCUT2D eigenvalue weighted by Crippen LogP contribution is -2.43. The van der Waals surface area contributed by atoms with Crippen LogP contribution in [0.4, 0.5) is 4.39 Å². The van der Waals surface area contributed by atoms with Gasteiger partial charge in [0.1, 0.15) is 11.6 Å². The minimum Gasteiger partial charge on any atom is -0.496 e. The molecule has 1 fully saturated rings. The lowest BCUT2D eigenvalue weighted by atomic mass is 10.1. The molecule has 1 aliphatic rings. The average molecular weight is 252 g/mol. The van der Waals surface area contributed by atoms with E-state index in [4.69, 9.17) is 10.5 Å². The highest BCUT2D eigenvalue weighted by atomic mass is 19.1. The monoisotopic (exact) mass is 252 g/mol. The molecule has 1 aromatic rings. The Balaban J connectivity index is 2.13. The van der Waals surface area contributed by atoms with Crippen LogP contribution in [0.3, 0.4) is 0 Å². The fourth-order valence-electron chi connectivity index (χ4n) is 1.93. The Kier molecular flexibility index (Phi) is 3.26. The van der Waals surface area contributed by atoms with Gasteiger partial charge in [-0.2, -0.15) is 0 Å². The van der Waals surface area contributed by atoms with Gasteiger partial charge in [-0.05, 0) is 31.0 Å². The van der Waals surface area contributed by atoms with Crippen molar-refractivity contribution >= 4 is 5.91 Å². The first-order valence-corrected chi connectivity index (χ1v) is 5.83. The summed E-state index contributed by atoms with van der Waals surface area (Å²) >= 11 is 0. The Morgan fingerprint density at radius 2 is 2.22 bits per heavy atom. The second-order valence-electron chi connectivity index (χ2n) is 4.77. The van der Waals surface area contributed by atoms with Crippen LogP contribution in [0.15, 0.2) is 18.2 Å². The van der Waals surface area contributed by atoms with E-state index >= 15 is 0 Å². The summed E-state index contributed by atoms with van der Waals surface area (Å²) in [5.41, 5.74) is 5.79. The standard InChI is InChI=1S/C13H17FN2O2/c1-16(12(17)13(15)5-6-13)8-9-7-10(14)3-4-11(9)18-2/h3-4,7H,5-6,8,15H2,1-2H3. The third-order valence-corrected chi connectivity index (χ3v) is 3.21. The maximum atomic E-state index is 13.2. The van der Waals surface area contributed by atoms with E-state index in [-0.39, 0.29) is 11.7 Å². The van der Waals surface area contributed by atoms with Gasteiger partial charge >= 0.3 is 0 Å². The van der Waals surface area contributed by atoms with E-state index in [0.29, 0.717) is 17.9 Å². The molecule has 0 aromatic heterocycles. The van der Waals surface area contributed by atoms with Crippen molar-refractivity contribution in [2.45, 2.75) is 24.9 Å². The molecule has 2 rings (SSSR count). The summed E-state index contributed by atoms with van der Waals surface area (Å²) in [6, 6.07) is 4.26. The Labute approximate surface area is 106 Å². The van der Waals surface area contributed by atoms with E-state index in [1.807, 2.05) is 0 Å². The van der Waals surface area contributed by atoms with E-state index in [9.17, 15) is 9.18 Å². The molecule has 5 heteroatoms. The first-order chi connectivity index (χ1) is 8.46. The normalized spacial score (nSPS) is 16.2. The number of ether oxygens (including phenoxy) is 1. The van der Waals surface area contributed by atoms with Crippen molar-refractivity contribution in [3.05, 3.63) is 29.6 Å². The van der Waals surface area contributed by atoms with E-state index in [1.165, 1.54) is 24.1 Å². The molecule has 1 aromatic carbocycles. The van der Waals surface area contributed by atoms with Crippen LogP contribution in [0.5, 0.6) is 5.75 Å². The molecular formula is C13H17FN2O2.